The summed E-state index contributed by atoms with van der Waals surface area (Å²) in [5.41, 5.74) is 6.60. The molecule has 0 aliphatic carbocycles. The van der Waals surface area contributed by atoms with E-state index in [4.69, 9.17) is 5.73 Å². The van der Waals surface area contributed by atoms with Gasteiger partial charge in [-0.1, -0.05) is 6.07 Å². The fraction of sp³-hybridized carbons (Fsp3) is 0.333. The Morgan fingerprint density at radius 3 is 2.89 bits per heavy atom. The first kappa shape index (κ1) is 12.3. The molecule has 1 heterocycles. The number of benzene rings is 1. The van der Waals surface area contributed by atoms with Crippen molar-refractivity contribution in [2.75, 3.05) is 19.8 Å². The van der Waals surface area contributed by atoms with Crippen molar-refractivity contribution in [1.29, 1.82) is 0 Å². The zero-order valence-electron chi connectivity index (χ0n) is 10.4. The van der Waals surface area contributed by atoms with Crippen LogP contribution in [0.3, 0.4) is 0 Å². The Morgan fingerprint density at radius 1 is 1.50 bits per heavy atom. The normalized spacial score (nSPS) is 10.8. The van der Waals surface area contributed by atoms with Gasteiger partial charge in [-0.25, -0.2) is 9.37 Å². The predicted molar refractivity (Wildman–Crippen MR) is 67.4 cm³/mol. The molecular weight excluding hydrogens is 235 g/mol. The first-order valence-corrected chi connectivity index (χ1v) is 5.61. The van der Waals surface area contributed by atoms with Gasteiger partial charge in [0, 0.05) is 27.1 Å². The molecule has 0 atom stereocenters. The number of amides is 1. The largest absolute Gasteiger partial charge is 0.369 e. The van der Waals surface area contributed by atoms with Crippen LogP contribution < -0.4 is 5.73 Å². The summed E-state index contributed by atoms with van der Waals surface area (Å²) >= 11 is 0. The molecule has 0 radical (unpaired) electrons. The minimum Gasteiger partial charge on any atom is -0.369 e. The van der Waals surface area contributed by atoms with Crippen LogP contribution in [0.25, 0.3) is 11.0 Å². The Balaban J connectivity index is 2.31. The fourth-order valence-electron chi connectivity index (χ4n) is 1.80. The summed E-state index contributed by atoms with van der Waals surface area (Å²) in [5, 5.41) is 0. The molecular formula is C12H15FN4O. The monoisotopic (exact) mass is 250 g/mol. The number of imidazole rings is 1. The third kappa shape index (κ3) is 2.13. The lowest BCUT2D eigenvalue weighted by Gasteiger charge is -2.11. The van der Waals surface area contributed by atoms with Crippen LogP contribution in [0.4, 0.5) is 10.3 Å². The van der Waals surface area contributed by atoms with Gasteiger partial charge in [-0.15, -0.1) is 0 Å². The number of carbonyl (C=O) groups is 1. The maximum absolute atomic E-state index is 13.5. The van der Waals surface area contributed by atoms with Crippen molar-refractivity contribution in [1.82, 2.24) is 14.5 Å². The highest BCUT2D eigenvalue weighted by Crippen LogP contribution is 2.20. The molecule has 2 N–H and O–H groups in total. The van der Waals surface area contributed by atoms with Crippen molar-refractivity contribution in [2.45, 2.75) is 13.0 Å². The molecule has 0 saturated heterocycles. The Labute approximate surface area is 104 Å². The van der Waals surface area contributed by atoms with E-state index in [1.54, 1.807) is 30.8 Å². The first-order chi connectivity index (χ1) is 8.50. The highest BCUT2D eigenvalue weighted by molar-refractivity contribution is 5.80. The average molecular weight is 250 g/mol. The van der Waals surface area contributed by atoms with E-state index in [-0.39, 0.29) is 17.4 Å². The van der Waals surface area contributed by atoms with Crippen molar-refractivity contribution in [3.63, 3.8) is 0 Å². The van der Waals surface area contributed by atoms with E-state index in [1.165, 1.54) is 11.0 Å². The van der Waals surface area contributed by atoms with Crippen LogP contribution in [0.5, 0.6) is 0 Å². The molecule has 18 heavy (non-hydrogen) atoms. The highest BCUT2D eigenvalue weighted by Gasteiger charge is 2.13. The van der Waals surface area contributed by atoms with Crippen LogP contribution in [0.15, 0.2) is 18.2 Å². The number of aromatic nitrogens is 2. The van der Waals surface area contributed by atoms with Gasteiger partial charge in [-0.2, -0.15) is 0 Å². The minimum absolute atomic E-state index is 0.00680. The summed E-state index contributed by atoms with van der Waals surface area (Å²) in [6.07, 6.45) is 0.305. The van der Waals surface area contributed by atoms with Crippen LogP contribution in [-0.2, 0) is 11.3 Å². The van der Waals surface area contributed by atoms with Gasteiger partial charge < -0.3 is 15.2 Å². The highest BCUT2D eigenvalue weighted by atomic mass is 19.1. The molecule has 0 aliphatic rings. The Bertz CT molecular complexity index is 591. The predicted octanol–water partition coefficient (Wildman–Crippen LogP) is 1.24. The van der Waals surface area contributed by atoms with Crippen molar-refractivity contribution in [3.8, 4) is 0 Å². The number of halogens is 1. The molecule has 5 nitrogen and oxygen atoms in total. The molecule has 0 bridgehead atoms. The standard InChI is InChI=1S/C12H15FN4O/c1-16(2)10(18)6-7-17-9-5-3-4-8(13)11(9)15-12(17)14/h3-5H,6-7H2,1-2H3,(H2,14,15). The van der Waals surface area contributed by atoms with Crippen LogP contribution in [0.2, 0.25) is 0 Å². The van der Waals surface area contributed by atoms with E-state index in [9.17, 15) is 9.18 Å². The fourth-order valence-corrected chi connectivity index (χ4v) is 1.80. The van der Waals surface area contributed by atoms with E-state index in [2.05, 4.69) is 4.98 Å². The summed E-state index contributed by atoms with van der Waals surface area (Å²) in [6.45, 7) is 0.392. The third-order valence-corrected chi connectivity index (χ3v) is 2.81. The molecule has 0 aliphatic heterocycles. The first-order valence-electron chi connectivity index (χ1n) is 5.61. The van der Waals surface area contributed by atoms with E-state index in [1.807, 2.05) is 0 Å². The smallest absolute Gasteiger partial charge is 0.223 e. The topological polar surface area (TPSA) is 64.2 Å². The number of nitrogens with two attached hydrogens (primary N) is 1. The van der Waals surface area contributed by atoms with E-state index >= 15 is 0 Å². The van der Waals surface area contributed by atoms with Gasteiger partial charge in [0.25, 0.3) is 0 Å². The van der Waals surface area contributed by atoms with Crippen LogP contribution in [-0.4, -0.2) is 34.5 Å². The quantitative estimate of drug-likeness (QED) is 0.891. The molecule has 1 amide bonds. The number of anilines is 1. The number of para-hydroxylation sites is 1. The van der Waals surface area contributed by atoms with Crippen LogP contribution in [0.1, 0.15) is 6.42 Å². The van der Waals surface area contributed by atoms with Crippen LogP contribution >= 0.6 is 0 Å². The van der Waals surface area contributed by atoms with Gasteiger partial charge in [0.15, 0.2) is 5.82 Å². The number of rotatable bonds is 3. The maximum atomic E-state index is 13.5. The van der Waals surface area contributed by atoms with E-state index < -0.39 is 5.82 Å². The minimum atomic E-state index is -0.406. The molecule has 0 saturated carbocycles. The second-order valence-corrected chi connectivity index (χ2v) is 4.27. The van der Waals surface area contributed by atoms with Crippen LogP contribution in [0, 0.1) is 5.82 Å². The van der Waals surface area contributed by atoms with Crippen molar-refractivity contribution in [3.05, 3.63) is 24.0 Å². The molecule has 0 spiro atoms. The molecule has 0 unspecified atom stereocenters. The van der Waals surface area contributed by atoms with Gasteiger partial charge in [0.05, 0.1) is 5.52 Å². The molecule has 6 heteroatoms. The number of aryl methyl sites for hydroxylation is 1. The van der Waals surface area contributed by atoms with E-state index in [0.29, 0.717) is 18.5 Å². The molecule has 1 aromatic heterocycles. The van der Waals surface area contributed by atoms with E-state index in [0.717, 1.165) is 0 Å². The molecule has 96 valence electrons. The number of carbonyl (C=O) groups excluding carboxylic acids is 1. The third-order valence-electron chi connectivity index (χ3n) is 2.81. The lowest BCUT2D eigenvalue weighted by molar-refractivity contribution is -0.128. The van der Waals surface area contributed by atoms with Crippen molar-refractivity contribution >= 4 is 22.9 Å². The molecule has 1 aromatic carbocycles. The van der Waals surface area contributed by atoms with Crippen molar-refractivity contribution < 1.29 is 9.18 Å². The summed E-state index contributed by atoms with van der Waals surface area (Å²) in [4.78, 5) is 17.0. The number of fused-ring (bicyclic) bond motifs is 1. The Hall–Kier alpha value is -2.11. The van der Waals surface area contributed by atoms with Gasteiger partial charge in [-0.05, 0) is 12.1 Å². The maximum Gasteiger partial charge on any atom is 0.223 e. The molecule has 0 fully saturated rings. The lowest BCUT2D eigenvalue weighted by atomic mass is 10.3. The van der Waals surface area contributed by atoms with Crippen molar-refractivity contribution in [2.24, 2.45) is 0 Å². The number of hydrogen-bond donors (Lipinski definition) is 1. The van der Waals surface area contributed by atoms with Gasteiger partial charge in [-0.3, -0.25) is 4.79 Å². The average Bonchev–Trinajstić information content (AvgIpc) is 2.64. The second kappa shape index (κ2) is 4.64. The Morgan fingerprint density at radius 2 is 2.22 bits per heavy atom. The summed E-state index contributed by atoms with van der Waals surface area (Å²) < 4.78 is 15.2. The zero-order chi connectivity index (χ0) is 13.3. The number of nitrogen functional groups attached to an aromatic ring is 1. The molecule has 2 aromatic rings. The number of hydrogen-bond acceptors (Lipinski definition) is 3. The van der Waals surface area contributed by atoms with Gasteiger partial charge >= 0.3 is 0 Å². The SMILES string of the molecule is CN(C)C(=O)CCn1c(N)nc2c(F)cccc21. The van der Waals surface area contributed by atoms with Gasteiger partial charge in [0.2, 0.25) is 11.9 Å². The zero-order valence-corrected chi connectivity index (χ0v) is 10.4. The second-order valence-electron chi connectivity index (χ2n) is 4.27. The Kier molecular flexibility index (Phi) is 3.18. The molecule has 2 rings (SSSR count). The summed E-state index contributed by atoms with van der Waals surface area (Å²) in [6, 6.07) is 4.68. The lowest BCUT2D eigenvalue weighted by Crippen LogP contribution is -2.23. The summed E-state index contributed by atoms with van der Waals surface area (Å²) in [5.74, 6) is -0.189. The van der Waals surface area contributed by atoms with Gasteiger partial charge in [0.1, 0.15) is 5.52 Å². The summed E-state index contributed by atoms with van der Waals surface area (Å²) in [7, 11) is 3.38. The number of nitrogens with zero attached hydrogens (tertiary/aromatic N) is 3.